The molecule has 3 aromatic rings. The third-order valence-corrected chi connectivity index (χ3v) is 3.95. The first-order valence-electron chi connectivity index (χ1n) is 7.73. The minimum absolute atomic E-state index is 0. The Labute approximate surface area is 163 Å². The van der Waals surface area contributed by atoms with Gasteiger partial charge in [0.2, 0.25) is 18.0 Å². The molecule has 0 saturated carbocycles. The Morgan fingerprint density at radius 3 is 2.28 bits per heavy atom. The van der Waals surface area contributed by atoms with Crippen LogP contribution in [0.2, 0.25) is 5.02 Å². The van der Waals surface area contributed by atoms with Crippen LogP contribution in [-0.4, -0.2) is 5.78 Å². The summed E-state index contributed by atoms with van der Waals surface area (Å²) in [5.41, 5.74) is 2.76. The van der Waals surface area contributed by atoms with Crippen molar-refractivity contribution < 1.29 is 26.3 Å². The molecule has 0 bridgehead atoms. The predicted molar refractivity (Wildman–Crippen MR) is 97.8 cm³/mol. The quantitative estimate of drug-likeness (QED) is 0.460. The first kappa shape index (κ1) is 19.1. The molecule has 0 spiro atoms. The molecule has 1 aromatic heterocycles. The number of halogens is 2. The van der Waals surface area contributed by atoms with Crippen LogP contribution in [0.15, 0.2) is 79.0 Å². The zero-order valence-corrected chi connectivity index (χ0v) is 15.8. The molecule has 3 rings (SSSR count). The van der Waals surface area contributed by atoms with Gasteiger partial charge >= 0.3 is 0 Å². The molecular weight excluding hydrogens is 398 g/mol. The van der Waals surface area contributed by atoms with Crippen molar-refractivity contribution in [3.05, 3.63) is 101 Å². The molecule has 0 radical (unpaired) electrons. The second kappa shape index (κ2) is 9.30. The molecule has 0 unspecified atom stereocenters. The fraction of sp³-hybridized carbons (Fsp3) is 0.0476. The van der Waals surface area contributed by atoms with Gasteiger partial charge in [0.25, 0.3) is 0 Å². The summed E-state index contributed by atoms with van der Waals surface area (Å²) >= 11 is 5.88. The lowest BCUT2D eigenvalue weighted by atomic mass is 10.1. The van der Waals surface area contributed by atoms with Gasteiger partial charge in [0.15, 0.2) is 6.20 Å². The van der Waals surface area contributed by atoms with Gasteiger partial charge in [0.1, 0.15) is 0 Å². The minimum Gasteiger partial charge on any atom is -1.00 e. The van der Waals surface area contributed by atoms with Gasteiger partial charge in [0.05, 0.1) is 0 Å². The van der Waals surface area contributed by atoms with E-state index in [1.807, 2.05) is 71.4 Å². The maximum absolute atomic E-state index is 12.5. The summed E-state index contributed by atoms with van der Waals surface area (Å²) in [5.74, 6) is 0.0530. The number of nitrogens with zero attached hydrogens (tertiary/aromatic N) is 1. The molecule has 25 heavy (non-hydrogen) atoms. The molecule has 2 aromatic carbocycles. The highest BCUT2D eigenvalue weighted by Crippen LogP contribution is 2.10. The molecule has 0 aliphatic carbocycles. The fourth-order valence-corrected chi connectivity index (χ4v) is 2.54. The molecule has 0 atom stereocenters. The van der Waals surface area contributed by atoms with Crippen LogP contribution in [0.5, 0.6) is 0 Å². The highest BCUT2D eigenvalue weighted by molar-refractivity contribution is 6.30. The van der Waals surface area contributed by atoms with Crippen LogP contribution in [0.4, 0.5) is 0 Å². The number of pyridine rings is 1. The molecule has 1 heterocycles. The maximum atomic E-state index is 12.5. The molecule has 126 valence electrons. The van der Waals surface area contributed by atoms with Crippen LogP contribution >= 0.6 is 11.6 Å². The average molecular weight is 415 g/mol. The number of hydrogen-bond donors (Lipinski definition) is 0. The summed E-state index contributed by atoms with van der Waals surface area (Å²) < 4.78 is 1.94. The predicted octanol–water partition coefficient (Wildman–Crippen LogP) is 1.68. The minimum atomic E-state index is 0. The third-order valence-electron chi connectivity index (χ3n) is 3.70. The number of benzene rings is 2. The van der Waals surface area contributed by atoms with E-state index in [2.05, 4.69) is 0 Å². The van der Waals surface area contributed by atoms with E-state index in [0.717, 1.165) is 11.3 Å². The smallest absolute Gasteiger partial charge is 0.227 e. The van der Waals surface area contributed by atoms with Gasteiger partial charge in [0, 0.05) is 28.8 Å². The van der Waals surface area contributed by atoms with Crippen molar-refractivity contribution >= 4 is 29.5 Å². The number of aromatic nitrogens is 1. The van der Waals surface area contributed by atoms with Crippen molar-refractivity contribution in [2.24, 2.45) is 0 Å². The Hall–Kier alpha value is -2.23. The van der Waals surface area contributed by atoms with Crippen LogP contribution in [0.25, 0.3) is 12.2 Å². The Bertz CT molecular complexity index is 861. The Balaban J connectivity index is 0.00000225. The summed E-state index contributed by atoms with van der Waals surface area (Å²) in [5, 5.41) is 0.630. The Morgan fingerprint density at radius 2 is 1.56 bits per heavy atom. The van der Waals surface area contributed by atoms with E-state index in [1.165, 1.54) is 0 Å². The van der Waals surface area contributed by atoms with E-state index in [9.17, 15) is 4.79 Å². The van der Waals surface area contributed by atoms with Crippen molar-refractivity contribution in [1.29, 1.82) is 0 Å². The van der Waals surface area contributed by atoms with Crippen molar-refractivity contribution in [3.63, 3.8) is 0 Å². The number of rotatable bonds is 5. The lowest BCUT2D eigenvalue weighted by Gasteiger charge is -2.01. The van der Waals surface area contributed by atoms with Gasteiger partial charge in [-0.05, 0) is 42.0 Å². The molecule has 4 heteroatoms. The van der Waals surface area contributed by atoms with Crippen LogP contribution in [0.1, 0.15) is 21.6 Å². The van der Waals surface area contributed by atoms with Crippen LogP contribution in [-0.2, 0) is 6.54 Å². The lowest BCUT2D eigenvalue weighted by Crippen LogP contribution is -3.00. The van der Waals surface area contributed by atoms with Gasteiger partial charge in [-0.25, -0.2) is 0 Å². The summed E-state index contributed by atoms with van der Waals surface area (Å²) in [7, 11) is 0. The number of Topliss-reactive ketones (excluding diaryl/α,β-unsaturated/α-hetero) is 1. The zero-order valence-electron chi connectivity index (χ0n) is 13.5. The zero-order chi connectivity index (χ0) is 16.8. The molecule has 0 aliphatic heterocycles. The summed E-state index contributed by atoms with van der Waals surface area (Å²) in [6.45, 7) is 0.289. The van der Waals surface area contributed by atoms with E-state index >= 15 is 0 Å². The van der Waals surface area contributed by atoms with E-state index in [0.29, 0.717) is 10.6 Å². The second-order valence-corrected chi connectivity index (χ2v) is 5.86. The summed E-state index contributed by atoms with van der Waals surface area (Å²) in [6.07, 6.45) is 5.97. The number of hydrogen-bond acceptors (Lipinski definition) is 1. The number of carbonyl (C=O) groups is 1. The van der Waals surface area contributed by atoms with Crippen molar-refractivity contribution in [1.82, 2.24) is 0 Å². The lowest BCUT2D eigenvalue weighted by molar-refractivity contribution is -0.684. The fourth-order valence-electron chi connectivity index (χ4n) is 2.41. The molecule has 0 N–H and O–H groups in total. The first-order chi connectivity index (χ1) is 11.7. The molecule has 0 fully saturated rings. The van der Waals surface area contributed by atoms with E-state index in [1.54, 1.807) is 24.3 Å². The third kappa shape index (κ3) is 5.38. The van der Waals surface area contributed by atoms with Crippen molar-refractivity contribution in [2.45, 2.75) is 6.54 Å². The van der Waals surface area contributed by atoms with Crippen LogP contribution in [0.3, 0.4) is 0 Å². The van der Waals surface area contributed by atoms with Gasteiger partial charge in [-0.3, -0.25) is 4.79 Å². The van der Waals surface area contributed by atoms with Gasteiger partial charge in [-0.2, -0.15) is 4.57 Å². The van der Waals surface area contributed by atoms with Gasteiger partial charge < -0.3 is 17.0 Å². The second-order valence-electron chi connectivity index (χ2n) is 5.43. The first-order valence-corrected chi connectivity index (χ1v) is 8.10. The van der Waals surface area contributed by atoms with Crippen molar-refractivity contribution in [3.8, 4) is 0 Å². The molecule has 0 aliphatic rings. The standard InChI is InChI=1S/C21H17ClNO.BrH/c22-19-12-10-18(11-13-19)21(24)16-23-15-5-4-8-20(23)14-9-17-6-2-1-3-7-17;/h1-15H,16H2;1H/q+1;/p-1/b14-9+;. The average Bonchev–Trinajstić information content (AvgIpc) is 2.62. The van der Waals surface area contributed by atoms with Crippen molar-refractivity contribution in [2.75, 3.05) is 0 Å². The highest BCUT2D eigenvalue weighted by atomic mass is 79.9. The largest absolute Gasteiger partial charge is 1.00 e. The van der Waals surface area contributed by atoms with Crippen LogP contribution < -0.4 is 21.5 Å². The molecule has 2 nitrogen and oxygen atoms in total. The van der Waals surface area contributed by atoms with E-state index in [4.69, 9.17) is 11.6 Å². The summed E-state index contributed by atoms with van der Waals surface area (Å²) in [4.78, 5) is 12.5. The van der Waals surface area contributed by atoms with E-state index < -0.39 is 0 Å². The Morgan fingerprint density at radius 1 is 0.880 bits per heavy atom. The topological polar surface area (TPSA) is 20.9 Å². The SMILES string of the molecule is O=C(C[n+]1ccccc1/C=C/c1ccccc1)c1ccc(Cl)cc1.[Br-]. The van der Waals surface area contributed by atoms with Gasteiger partial charge in [-0.1, -0.05) is 41.9 Å². The Kier molecular flexibility index (Phi) is 7.11. The monoisotopic (exact) mass is 413 g/mol. The number of carbonyl (C=O) groups excluding carboxylic acids is 1. The highest BCUT2D eigenvalue weighted by Gasteiger charge is 2.14. The summed E-state index contributed by atoms with van der Waals surface area (Å²) in [6, 6.07) is 23.0. The molecular formula is C21H17BrClNO. The normalized spacial score (nSPS) is 10.4. The molecule has 0 saturated heterocycles. The number of ketones is 1. The maximum Gasteiger partial charge on any atom is 0.227 e. The van der Waals surface area contributed by atoms with Gasteiger partial charge in [-0.15, -0.1) is 0 Å². The molecule has 0 amide bonds. The van der Waals surface area contributed by atoms with Crippen LogP contribution in [0, 0.1) is 0 Å². The van der Waals surface area contributed by atoms with E-state index in [-0.39, 0.29) is 29.3 Å².